The molecular formula is C8H16N+. The Hall–Kier alpha value is -0.590. The first-order valence-corrected chi connectivity index (χ1v) is 3.45. The van der Waals surface area contributed by atoms with E-state index in [9.17, 15) is 0 Å². The minimum atomic E-state index is 1.06. The van der Waals surface area contributed by atoms with Gasteiger partial charge in [-0.1, -0.05) is 0 Å². The van der Waals surface area contributed by atoms with Gasteiger partial charge in [0.1, 0.15) is 12.8 Å². The molecular weight excluding hydrogens is 110 g/mol. The lowest BCUT2D eigenvalue weighted by Gasteiger charge is -1.95. The van der Waals surface area contributed by atoms with Crippen LogP contribution in [0.1, 0.15) is 27.7 Å². The van der Waals surface area contributed by atoms with Gasteiger partial charge >= 0.3 is 0 Å². The highest BCUT2D eigenvalue weighted by atomic mass is 15.0. The molecule has 0 N–H and O–H groups in total. The third-order valence-electron chi connectivity index (χ3n) is 1.52. The lowest BCUT2D eigenvalue weighted by molar-refractivity contribution is -0.468. The standard InChI is InChI=1S/C8H16N/c1-5-8(4)9(6-2)7-3/h5-6H,7H2,1-4H3/q+1. The van der Waals surface area contributed by atoms with Gasteiger partial charge in [0, 0.05) is 13.8 Å². The molecule has 0 saturated heterocycles. The van der Waals surface area contributed by atoms with E-state index < -0.39 is 0 Å². The van der Waals surface area contributed by atoms with Crippen LogP contribution in [0.25, 0.3) is 0 Å². The zero-order valence-electron chi connectivity index (χ0n) is 6.81. The van der Waals surface area contributed by atoms with E-state index in [1.54, 1.807) is 0 Å². The number of hydrogen-bond donors (Lipinski definition) is 0. The van der Waals surface area contributed by atoms with Crippen molar-refractivity contribution in [3.05, 3.63) is 11.8 Å². The first kappa shape index (κ1) is 8.41. The molecule has 52 valence electrons. The maximum Gasteiger partial charge on any atom is 0.173 e. The van der Waals surface area contributed by atoms with Crippen molar-refractivity contribution < 1.29 is 4.58 Å². The summed E-state index contributed by atoms with van der Waals surface area (Å²) < 4.78 is 2.21. The molecule has 1 nitrogen and oxygen atoms in total. The van der Waals surface area contributed by atoms with E-state index in [0.717, 1.165) is 6.54 Å². The second-order valence-corrected chi connectivity index (χ2v) is 1.97. The highest BCUT2D eigenvalue weighted by Crippen LogP contribution is 1.92. The van der Waals surface area contributed by atoms with E-state index in [0.29, 0.717) is 0 Å². The molecule has 0 spiro atoms. The highest BCUT2D eigenvalue weighted by Gasteiger charge is 1.98. The Kier molecular flexibility index (Phi) is 4.02. The van der Waals surface area contributed by atoms with Crippen molar-refractivity contribution in [3.8, 4) is 0 Å². The minimum absolute atomic E-state index is 1.06. The molecule has 0 atom stereocenters. The Morgan fingerprint density at radius 1 is 1.44 bits per heavy atom. The molecule has 0 heterocycles. The third kappa shape index (κ3) is 2.45. The van der Waals surface area contributed by atoms with Crippen LogP contribution in [0.5, 0.6) is 0 Å². The lowest BCUT2D eigenvalue weighted by Crippen LogP contribution is -2.08. The third-order valence-corrected chi connectivity index (χ3v) is 1.52. The monoisotopic (exact) mass is 126 g/mol. The fourth-order valence-electron chi connectivity index (χ4n) is 0.801. The minimum Gasteiger partial charge on any atom is -0.207 e. The zero-order chi connectivity index (χ0) is 7.28. The van der Waals surface area contributed by atoms with Gasteiger partial charge in [-0.2, -0.15) is 0 Å². The van der Waals surface area contributed by atoms with E-state index in [1.165, 1.54) is 5.70 Å². The van der Waals surface area contributed by atoms with Gasteiger partial charge in [0.25, 0.3) is 0 Å². The van der Waals surface area contributed by atoms with Gasteiger partial charge in [0.05, 0.1) is 0 Å². The van der Waals surface area contributed by atoms with E-state index in [2.05, 4.69) is 44.6 Å². The van der Waals surface area contributed by atoms with Gasteiger partial charge in [0.2, 0.25) is 0 Å². The molecule has 0 aliphatic rings. The normalized spacial score (nSPS) is 14.2. The lowest BCUT2D eigenvalue weighted by atomic mass is 10.4. The average Bonchev–Trinajstić information content (AvgIpc) is 1.90. The second-order valence-electron chi connectivity index (χ2n) is 1.97. The van der Waals surface area contributed by atoms with Crippen molar-refractivity contribution in [2.24, 2.45) is 0 Å². The summed E-state index contributed by atoms with van der Waals surface area (Å²) in [5.74, 6) is 0. The number of allylic oxidation sites excluding steroid dienone is 2. The van der Waals surface area contributed by atoms with Crippen LogP contribution in [-0.4, -0.2) is 17.3 Å². The van der Waals surface area contributed by atoms with Crippen molar-refractivity contribution in [3.63, 3.8) is 0 Å². The summed E-state index contributed by atoms with van der Waals surface area (Å²) in [6.45, 7) is 9.43. The molecule has 9 heavy (non-hydrogen) atoms. The van der Waals surface area contributed by atoms with Crippen LogP contribution in [-0.2, 0) is 0 Å². The smallest absolute Gasteiger partial charge is 0.173 e. The Labute approximate surface area is 57.7 Å². The Morgan fingerprint density at radius 2 is 2.00 bits per heavy atom. The zero-order valence-corrected chi connectivity index (χ0v) is 6.81. The van der Waals surface area contributed by atoms with Gasteiger partial charge in [-0.25, -0.2) is 4.58 Å². The molecule has 0 amide bonds. The summed E-state index contributed by atoms with van der Waals surface area (Å²) in [6, 6.07) is 0. The fraction of sp³-hybridized carbons (Fsp3) is 0.625. The summed E-state index contributed by atoms with van der Waals surface area (Å²) in [7, 11) is 0. The second kappa shape index (κ2) is 4.30. The summed E-state index contributed by atoms with van der Waals surface area (Å²) in [5, 5.41) is 0. The maximum atomic E-state index is 2.21. The molecule has 0 radical (unpaired) electrons. The van der Waals surface area contributed by atoms with Crippen molar-refractivity contribution in [2.45, 2.75) is 27.7 Å². The molecule has 0 rings (SSSR count). The highest BCUT2D eigenvalue weighted by molar-refractivity contribution is 5.47. The Morgan fingerprint density at radius 3 is 2.11 bits per heavy atom. The van der Waals surface area contributed by atoms with Gasteiger partial charge in [-0.3, -0.25) is 0 Å². The molecule has 0 fully saturated rings. The predicted octanol–water partition coefficient (Wildman–Crippen LogP) is 2.03. The molecule has 0 bridgehead atoms. The SMILES string of the molecule is CC=C(C)[N+](=CC)CC. The van der Waals surface area contributed by atoms with E-state index >= 15 is 0 Å². The van der Waals surface area contributed by atoms with Crippen LogP contribution in [0, 0.1) is 0 Å². The summed E-state index contributed by atoms with van der Waals surface area (Å²) in [5.41, 5.74) is 1.32. The predicted molar refractivity (Wildman–Crippen MR) is 42.0 cm³/mol. The maximum absolute atomic E-state index is 2.21. The molecule has 1 heteroatoms. The van der Waals surface area contributed by atoms with E-state index in [-0.39, 0.29) is 0 Å². The van der Waals surface area contributed by atoms with Crippen LogP contribution in [0.2, 0.25) is 0 Å². The van der Waals surface area contributed by atoms with Crippen molar-refractivity contribution >= 4 is 6.21 Å². The molecule has 0 aliphatic heterocycles. The fourth-order valence-corrected chi connectivity index (χ4v) is 0.801. The number of nitrogens with zero attached hydrogens (tertiary/aromatic N) is 1. The van der Waals surface area contributed by atoms with Crippen molar-refractivity contribution in [2.75, 3.05) is 6.54 Å². The largest absolute Gasteiger partial charge is 0.207 e. The topological polar surface area (TPSA) is 3.01 Å². The quantitative estimate of drug-likeness (QED) is 0.393. The van der Waals surface area contributed by atoms with Gasteiger partial charge in [-0.05, 0) is 19.9 Å². The Bertz CT molecular complexity index is 132. The van der Waals surface area contributed by atoms with Crippen molar-refractivity contribution in [1.29, 1.82) is 0 Å². The van der Waals surface area contributed by atoms with Gasteiger partial charge < -0.3 is 0 Å². The first-order valence-electron chi connectivity index (χ1n) is 3.45. The van der Waals surface area contributed by atoms with E-state index in [1.807, 2.05) is 0 Å². The van der Waals surface area contributed by atoms with Gasteiger partial charge in [0.15, 0.2) is 5.70 Å². The van der Waals surface area contributed by atoms with Crippen LogP contribution >= 0.6 is 0 Å². The molecule has 0 aliphatic carbocycles. The first-order chi connectivity index (χ1) is 4.26. The molecule has 0 aromatic rings. The summed E-state index contributed by atoms with van der Waals surface area (Å²) in [6.07, 6.45) is 4.21. The van der Waals surface area contributed by atoms with Crippen LogP contribution in [0.3, 0.4) is 0 Å². The average molecular weight is 126 g/mol. The Balaban J connectivity index is 4.14. The molecule has 0 aromatic carbocycles. The van der Waals surface area contributed by atoms with Crippen LogP contribution in [0.4, 0.5) is 0 Å². The van der Waals surface area contributed by atoms with Crippen LogP contribution in [0.15, 0.2) is 11.8 Å². The van der Waals surface area contributed by atoms with E-state index in [4.69, 9.17) is 0 Å². The van der Waals surface area contributed by atoms with Crippen LogP contribution < -0.4 is 0 Å². The summed E-state index contributed by atoms with van der Waals surface area (Å²) in [4.78, 5) is 0. The molecule has 0 aromatic heterocycles. The molecule has 0 unspecified atom stereocenters. The van der Waals surface area contributed by atoms with Gasteiger partial charge in [-0.15, -0.1) is 0 Å². The summed E-state index contributed by atoms with van der Waals surface area (Å²) >= 11 is 0. The number of rotatable bonds is 2. The molecule has 0 saturated carbocycles. The number of hydrogen-bond acceptors (Lipinski definition) is 0. The van der Waals surface area contributed by atoms with Crippen molar-refractivity contribution in [1.82, 2.24) is 0 Å².